The normalized spacial score (nSPS) is 9.67. The maximum Gasteiger partial charge on any atom is 1.00 e. The third-order valence-corrected chi connectivity index (χ3v) is 0. The first kappa shape index (κ1) is 78.5. The molecular formula is Ag6F6O18Te6. The Labute approximate surface area is 317 Å². The average molecular weight is 1810 g/mol. The van der Waals surface area contributed by atoms with Gasteiger partial charge in [0.25, 0.3) is 0 Å². The SMILES string of the molecule is O=[Te](=O)([O-])F.O=[Te](=O)([O-])F.O=[Te](=O)([O-])F.O=[Te](=O)([O-])F.O=[Te](=O)([O-])F.O=[Te](=O)([O-])F.[Ag+].[Ag+].[Ag+].[Ag+].[Ag+].[Ag+]. The van der Waals surface area contributed by atoms with E-state index in [9.17, 15) is 17.4 Å². The zero-order valence-electron chi connectivity index (χ0n) is 13.9. The molecule has 0 aromatic rings. The molecule has 36 heteroatoms. The van der Waals surface area contributed by atoms with Crippen molar-refractivity contribution in [3.63, 3.8) is 0 Å². The average Bonchev–Trinajstić information content (AvgIpc) is 1.94. The summed E-state index contributed by atoms with van der Waals surface area (Å²) in [7, 11) is 0. The van der Waals surface area contributed by atoms with Crippen molar-refractivity contribution in [2.75, 3.05) is 0 Å². The summed E-state index contributed by atoms with van der Waals surface area (Å²) in [5.74, 6) is 0. The van der Waals surface area contributed by atoms with Gasteiger partial charge in [-0.1, -0.05) is 0 Å². The Morgan fingerprint density at radius 1 is 0.250 bits per heavy atom. The first-order valence-corrected chi connectivity index (χ1v) is 26.3. The zero-order chi connectivity index (χ0) is 27.0. The van der Waals surface area contributed by atoms with Crippen LogP contribution in [0.2, 0.25) is 0 Å². The second-order valence-corrected chi connectivity index (χ2v) is 15.8. The van der Waals surface area contributed by atoms with Crippen LogP contribution < -0.4 is 20.8 Å². The Hall–Kier alpha value is 6.12. The van der Waals surface area contributed by atoms with Crippen LogP contribution in [0.15, 0.2) is 0 Å². The molecule has 0 aromatic carbocycles. The molecule has 252 valence electrons. The van der Waals surface area contributed by atoms with Crippen molar-refractivity contribution < 1.29 is 210 Å². The van der Waals surface area contributed by atoms with Crippen LogP contribution >= 0.6 is 0 Å². The smallest absolute Gasteiger partial charge is 1.00 e. The van der Waals surface area contributed by atoms with E-state index in [-0.39, 0.29) is 134 Å². The van der Waals surface area contributed by atoms with Crippen LogP contribution in [0.3, 0.4) is 0 Å². The van der Waals surface area contributed by atoms with Crippen LogP contribution in [0.1, 0.15) is 0 Å². The fourth-order valence-electron chi connectivity index (χ4n) is 0. The largest absolute Gasteiger partial charge is 1.00 e. The molecule has 0 aliphatic carbocycles. The zero-order valence-corrected chi connectivity index (χ0v) is 36.8. The molecule has 0 aliphatic heterocycles. The summed E-state index contributed by atoms with van der Waals surface area (Å²) in [6.07, 6.45) is 0. The Morgan fingerprint density at radius 3 is 0.250 bits per heavy atom. The maximum absolute atomic E-state index is 10.2. The topological polar surface area (TPSA) is 343 Å². The van der Waals surface area contributed by atoms with E-state index in [4.69, 9.17) is 58.1 Å². The van der Waals surface area contributed by atoms with Crippen LogP contribution in [-0.4, -0.2) is 115 Å². The summed E-state index contributed by atoms with van der Waals surface area (Å²) in [5.41, 5.74) is 0. The first-order chi connectivity index (χ1) is 12.0. The van der Waals surface area contributed by atoms with E-state index >= 15 is 0 Å². The van der Waals surface area contributed by atoms with Crippen LogP contribution in [0.4, 0.5) is 17.4 Å². The van der Waals surface area contributed by atoms with Gasteiger partial charge in [-0.3, -0.25) is 0 Å². The molecule has 0 saturated heterocycles. The van der Waals surface area contributed by atoms with Gasteiger partial charge < -0.3 is 0 Å². The van der Waals surface area contributed by atoms with Gasteiger partial charge in [-0.05, 0) is 0 Å². The van der Waals surface area contributed by atoms with Gasteiger partial charge in [0.1, 0.15) is 0 Å². The van der Waals surface area contributed by atoms with Gasteiger partial charge in [-0.25, -0.2) is 0 Å². The van der Waals surface area contributed by atoms with Crippen LogP contribution in [0.5, 0.6) is 0 Å². The van der Waals surface area contributed by atoms with E-state index in [1.54, 1.807) is 0 Å². The molecule has 0 spiro atoms. The van der Waals surface area contributed by atoms with E-state index in [1.807, 2.05) is 0 Å². The predicted octanol–water partition coefficient (Wildman–Crippen LogP) is -8.34. The van der Waals surface area contributed by atoms with Crippen molar-refractivity contribution in [1.29, 1.82) is 0 Å². The van der Waals surface area contributed by atoms with Gasteiger partial charge in [0.2, 0.25) is 0 Å². The minimum absolute atomic E-state index is 0. The van der Waals surface area contributed by atoms with Gasteiger partial charge >= 0.3 is 324 Å². The standard InChI is InChI=1S/6Ag.6FHO3Te/c;;;;;;6*1-5(2,3)4/h;;;;;;6*(H,2,3,4)/q6*+1;;;;;;/p-6. The van der Waals surface area contributed by atoms with Gasteiger partial charge in [0.15, 0.2) is 0 Å². The van der Waals surface area contributed by atoms with Crippen molar-refractivity contribution in [3.8, 4) is 0 Å². The third-order valence-electron chi connectivity index (χ3n) is 0. The predicted molar refractivity (Wildman–Crippen MR) is 49.4 cm³/mol. The van der Waals surface area contributed by atoms with Crippen LogP contribution in [-0.2, 0) is 172 Å². The van der Waals surface area contributed by atoms with Crippen molar-refractivity contribution >= 4 is 115 Å². The molecule has 18 nitrogen and oxygen atoms in total. The molecule has 0 bridgehead atoms. The summed E-state index contributed by atoms with van der Waals surface area (Å²) in [6.45, 7) is 0. The molecule has 0 rings (SSSR count). The summed E-state index contributed by atoms with van der Waals surface area (Å²) in [4.78, 5) is 0. The molecule has 0 fully saturated rings. The molecule has 0 heterocycles. The first-order valence-electron chi connectivity index (χ1n) is 3.93. The van der Waals surface area contributed by atoms with Gasteiger partial charge in [-0.2, -0.15) is 0 Å². The molecule has 0 aromatic heterocycles. The fraction of sp³-hybridized carbons (Fsp3) is 0. The van der Waals surface area contributed by atoms with Crippen molar-refractivity contribution in [1.82, 2.24) is 0 Å². The summed E-state index contributed by atoms with van der Waals surface area (Å²) in [6, 6.07) is 0. The molecular weight excluding hydrogens is 1810 g/mol. The van der Waals surface area contributed by atoms with E-state index < -0.39 is 115 Å². The third kappa shape index (κ3) is 1640. The van der Waals surface area contributed by atoms with E-state index in [2.05, 4.69) is 0 Å². The Kier molecular flexibility index (Phi) is 81.4. The Bertz CT molecular complexity index is 796. The quantitative estimate of drug-likeness (QED) is 0.161. The summed E-state index contributed by atoms with van der Waals surface area (Å²) >= 11 is -37.6. The van der Waals surface area contributed by atoms with Gasteiger partial charge in [0, 0.05) is 0 Å². The summed E-state index contributed by atoms with van der Waals surface area (Å²) in [5, 5.41) is 0. The van der Waals surface area contributed by atoms with E-state index in [1.165, 1.54) is 0 Å². The van der Waals surface area contributed by atoms with Crippen LogP contribution in [0.25, 0.3) is 0 Å². The number of rotatable bonds is 0. The number of hydrogen-bond acceptors (Lipinski definition) is 18. The minimum atomic E-state index is -6.27. The maximum atomic E-state index is 10.2. The molecule has 0 N–H and O–H groups in total. The molecule has 0 atom stereocenters. The van der Waals surface area contributed by atoms with Gasteiger partial charge in [-0.15, -0.1) is 0 Å². The monoisotopic (exact) mass is 1820 g/mol. The molecule has 36 heavy (non-hydrogen) atoms. The second-order valence-electron chi connectivity index (χ2n) is 2.36. The van der Waals surface area contributed by atoms with Crippen LogP contribution in [0, 0.1) is 0 Å². The Morgan fingerprint density at radius 2 is 0.250 bits per heavy atom. The second kappa shape index (κ2) is 37.3. The molecule has 0 saturated carbocycles. The molecule has 0 radical (unpaired) electrons. The molecule has 0 amide bonds. The van der Waals surface area contributed by atoms with E-state index in [0.29, 0.717) is 0 Å². The van der Waals surface area contributed by atoms with Crippen molar-refractivity contribution in [3.05, 3.63) is 0 Å². The van der Waals surface area contributed by atoms with Crippen molar-refractivity contribution in [2.45, 2.75) is 0 Å². The van der Waals surface area contributed by atoms with E-state index in [0.717, 1.165) is 0 Å². The van der Waals surface area contributed by atoms with Gasteiger partial charge in [0.05, 0.1) is 0 Å². The van der Waals surface area contributed by atoms with Crippen molar-refractivity contribution in [2.24, 2.45) is 0 Å². The molecule has 0 unspecified atom stereocenters. The Balaban J connectivity index is -0.0000000186. The fourth-order valence-corrected chi connectivity index (χ4v) is 0. The number of halogens is 6. The summed E-state index contributed by atoms with van der Waals surface area (Å²) < 4.78 is 215. The minimum Gasteiger partial charge on any atom is 1.00 e. The molecule has 0 aliphatic rings. The number of hydrogen-bond donors (Lipinski definition) is 0.